The minimum Gasteiger partial charge on any atom is -0.497 e. The van der Waals surface area contributed by atoms with Crippen LogP contribution in [0.5, 0.6) is 11.5 Å². The predicted molar refractivity (Wildman–Crippen MR) is 128 cm³/mol. The standard InChI is InChI=1S/C24H28N6O2/c1-4-5-6-9-14-30-20-11-8-7-10-19(20)22-23(30)26-24(29-27-22)28-25-16-17-12-13-18(31-2)15-21(17)32-3/h7-8,10-13,15-16H,4-6,9,14H2,1-3H3,(H,26,28,29)/b25-16+. The van der Waals surface area contributed by atoms with E-state index in [2.05, 4.69) is 44.3 Å². The van der Waals surface area contributed by atoms with Crippen molar-refractivity contribution in [2.75, 3.05) is 19.6 Å². The Kier molecular flexibility index (Phi) is 6.79. The molecule has 166 valence electrons. The molecular formula is C24H28N6O2. The van der Waals surface area contributed by atoms with Crippen LogP contribution in [0.4, 0.5) is 5.95 Å². The zero-order valence-corrected chi connectivity index (χ0v) is 18.7. The highest BCUT2D eigenvalue weighted by Crippen LogP contribution is 2.27. The minimum atomic E-state index is 0.346. The number of aromatic nitrogens is 4. The SMILES string of the molecule is CCCCCCn1c2ccccc2c2nnc(N/N=C/c3ccc(OC)cc3OC)nc21. The number of benzene rings is 2. The van der Waals surface area contributed by atoms with E-state index in [9.17, 15) is 0 Å². The van der Waals surface area contributed by atoms with Gasteiger partial charge in [-0.25, -0.2) is 5.43 Å². The number of rotatable bonds is 10. The number of nitrogens with zero attached hydrogens (tertiary/aromatic N) is 5. The Morgan fingerprint density at radius 2 is 1.91 bits per heavy atom. The van der Waals surface area contributed by atoms with Crippen LogP contribution in [0.25, 0.3) is 22.1 Å². The molecule has 0 fully saturated rings. The summed E-state index contributed by atoms with van der Waals surface area (Å²) >= 11 is 0. The van der Waals surface area contributed by atoms with Crippen molar-refractivity contribution in [1.82, 2.24) is 19.7 Å². The van der Waals surface area contributed by atoms with Gasteiger partial charge in [-0.05, 0) is 24.6 Å². The van der Waals surface area contributed by atoms with Crippen LogP contribution in [-0.2, 0) is 6.54 Å². The van der Waals surface area contributed by atoms with E-state index in [1.54, 1.807) is 20.4 Å². The van der Waals surface area contributed by atoms with Crippen LogP contribution >= 0.6 is 0 Å². The fourth-order valence-corrected chi connectivity index (χ4v) is 3.76. The van der Waals surface area contributed by atoms with Gasteiger partial charge in [-0.15, -0.1) is 10.2 Å². The third-order valence-corrected chi connectivity index (χ3v) is 5.42. The largest absolute Gasteiger partial charge is 0.497 e. The van der Waals surface area contributed by atoms with E-state index < -0.39 is 0 Å². The van der Waals surface area contributed by atoms with Crippen LogP contribution < -0.4 is 14.9 Å². The summed E-state index contributed by atoms with van der Waals surface area (Å²) < 4.78 is 12.9. The number of hydrazone groups is 1. The van der Waals surface area contributed by atoms with Crippen LogP contribution in [-0.4, -0.2) is 40.2 Å². The molecule has 8 heteroatoms. The van der Waals surface area contributed by atoms with Gasteiger partial charge in [-0.1, -0.05) is 44.4 Å². The van der Waals surface area contributed by atoms with E-state index in [0.29, 0.717) is 11.7 Å². The van der Waals surface area contributed by atoms with Gasteiger partial charge in [-0.3, -0.25) is 0 Å². The van der Waals surface area contributed by atoms with Gasteiger partial charge < -0.3 is 14.0 Å². The zero-order valence-electron chi connectivity index (χ0n) is 18.7. The number of methoxy groups -OCH3 is 2. The van der Waals surface area contributed by atoms with Crippen molar-refractivity contribution >= 4 is 34.2 Å². The first-order valence-electron chi connectivity index (χ1n) is 10.9. The molecule has 0 atom stereocenters. The summed E-state index contributed by atoms with van der Waals surface area (Å²) in [4.78, 5) is 4.73. The topological polar surface area (TPSA) is 86.5 Å². The number of hydrogen-bond donors (Lipinski definition) is 1. The van der Waals surface area contributed by atoms with E-state index in [0.717, 1.165) is 46.3 Å². The summed E-state index contributed by atoms with van der Waals surface area (Å²) in [6.07, 6.45) is 6.40. The maximum atomic E-state index is 5.41. The fraction of sp³-hybridized carbons (Fsp3) is 0.333. The summed E-state index contributed by atoms with van der Waals surface area (Å²) in [6, 6.07) is 13.8. The molecule has 0 radical (unpaired) electrons. The number of aryl methyl sites for hydroxylation is 1. The Morgan fingerprint density at radius 3 is 2.72 bits per heavy atom. The molecule has 0 aliphatic carbocycles. The third kappa shape index (κ3) is 4.49. The predicted octanol–water partition coefficient (Wildman–Crippen LogP) is 5.02. The second-order valence-corrected chi connectivity index (χ2v) is 7.51. The Hall–Kier alpha value is -3.68. The number of para-hydroxylation sites is 1. The lowest BCUT2D eigenvalue weighted by atomic mass is 10.2. The Balaban J connectivity index is 1.60. The Labute approximate surface area is 187 Å². The molecule has 32 heavy (non-hydrogen) atoms. The van der Waals surface area contributed by atoms with Gasteiger partial charge in [0.2, 0.25) is 0 Å². The van der Waals surface area contributed by atoms with E-state index in [1.165, 1.54) is 19.3 Å². The molecule has 0 amide bonds. The first-order valence-corrected chi connectivity index (χ1v) is 10.9. The first kappa shape index (κ1) is 21.5. The van der Waals surface area contributed by atoms with Crippen LogP contribution in [0.15, 0.2) is 47.6 Å². The molecule has 2 aromatic heterocycles. The van der Waals surface area contributed by atoms with Gasteiger partial charge >= 0.3 is 0 Å². The highest BCUT2D eigenvalue weighted by atomic mass is 16.5. The molecular weight excluding hydrogens is 404 g/mol. The van der Waals surface area contributed by atoms with Crippen LogP contribution in [0.2, 0.25) is 0 Å². The van der Waals surface area contributed by atoms with E-state index >= 15 is 0 Å². The molecule has 4 rings (SSSR count). The lowest BCUT2D eigenvalue weighted by molar-refractivity contribution is 0.394. The fourth-order valence-electron chi connectivity index (χ4n) is 3.76. The second-order valence-electron chi connectivity index (χ2n) is 7.51. The number of unbranched alkanes of at least 4 members (excludes halogenated alkanes) is 3. The normalized spacial score (nSPS) is 11.5. The highest BCUT2D eigenvalue weighted by molar-refractivity contribution is 6.04. The van der Waals surface area contributed by atoms with Crippen molar-refractivity contribution < 1.29 is 9.47 Å². The monoisotopic (exact) mass is 432 g/mol. The molecule has 0 saturated carbocycles. The number of ether oxygens (including phenoxy) is 2. The van der Waals surface area contributed by atoms with Crippen molar-refractivity contribution in [2.45, 2.75) is 39.2 Å². The molecule has 2 aromatic carbocycles. The number of anilines is 1. The minimum absolute atomic E-state index is 0.346. The van der Waals surface area contributed by atoms with Gasteiger partial charge in [0.15, 0.2) is 5.65 Å². The summed E-state index contributed by atoms with van der Waals surface area (Å²) in [6.45, 7) is 3.12. The van der Waals surface area contributed by atoms with Crippen molar-refractivity contribution in [1.29, 1.82) is 0 Å². The van der Waals surface area contributed by atoms with Gasteiger partial charge in [0.1, 0.15) is 17.0 Å². The molecule has 0 saturated heterocycles. The average molecular weight is 433 g/mol. The smallest absolute Gasteiger partial charge is 0.265 e. The zero-order chi connectivity index (χ0) is 22.3. The summed E-state index contributed by atoms with van der Waals surface area (Å²) in [5, 5.41) is 14.0. The molecule has 4 aromatic rings. The van der Waals surface area contributed by atoms with Crippen molar-refractivity contribution in [2.24, 2.45) is 5.10 Å². The number of nitrogens with one attached hydrogen (secondary N) is 1. The molecule has 0 spiro atoms. The summed E-state index contributed by atoms with van der Waals surface area (Å²) in [5.74, 6) is 1.73. The average Bonchev–Trinajstić information content (AvgIpc) is 3.15. The summed E-state index contributed by atoms with van der Waals surface area (Å²) in [5.41, 5.74) is 6.46. The van der Waals surface area contributed by atoms with Crippen LogP contribution in [0.1, 0.15) is 38.2 Å². The second kappa shape index (κ2) is 10.1. The molecule has 0 bridgehead atoms. The van der Waals surface area contributed by atoms with Crippen molar-refractivity contribution in [3.8, 4) is 11.5 Å². The highest BCUT2D eigenvalue weighted by Gasteiger charge is 2.14. The lowest BCUT2D eigenvalue weighted by Crippen LogP contribution is -2.03. The van der Waals surface area contributed by atoms with E-state index in [4.69, 9.17) is 14.5 Å². The molecule has 0 aliphatic rings. The number of hydrogen-bond acceptors (Lipinski definition) is 7. The van der Waals surface area contributed by atoms with Crippen LogP contribution in [0, 0.1) is 0 Å². The maximum absolute atomic E-state index is 5.41. The van der Waals surface area contributed by atoms with E-state index in [-0.39, 0.29) is 0 Å². The maximum Gasteiger partial charge on any atom is 0.265 e. The summed E-state index contributed by atoms with van der Waals surface area (Å²) in [7, 11) is 3.23. The van der Waals surface area contributed by atoms with Gasteiger partial charge in [-0.2, -0.15) is 10.1 Å². The van der Waals surface area contributed by atoms with Crippen LogP contribution in [0.3, 0.4) is 0 Å². The Bertz CT molecular complexity index is 1230. The lowest BCUT2D eigenvalue weighted by Gasteiger charge is -2.07. The molecule has 8 nitrogen and oxygen atoms in total. The van der Waals surface area contributed by atoms with Gasteiger partial charge in [0.05, 0.1) is 26.0 Å². The quantitative estimate of drug-likeness (QED) is 0.215. The van der Waals surface area contributed by atoms with Gasteiger partial charge in [0, 0.05) is 23.6 Å². The molecule has 0 aliphatic heterocycles. The molecule has 1 N–H and O–H groups in total. The van der Waals surface area contributed by atoms with Gasteiger partial charge in [0.25, 0.3) is 5.95 Å². The molecule has 0 unspecified atom stereocenters. The Morgan fingerprint density at radius 1 is 1.03 bits per heavy atom. The first-order chi connectivity index (χ1) is 15.7. The molecule has 2 heterocycles. The third-order valence-electron chi connectivity index (χ3n) is 5.42. The number of fused-ring (bicyclic) bond motifs is 3. The van der Waals surface area contributed by atoms with Crippen molar-refractivity contribution in [3.63, 3.8) is 0 Å². The van der Waals surface area contributed by atoms with Crippen molar-refractivity contribution in [3.05, 3.63) is 48.0 Å². The van der Waals surface area contributed by atoms with E-state index in [1.807, 2.05) is 30.3 Å².